The summed E-state index contributed by atoms with van der Waals surface area (Å²) >= 11 is 0. The maximum atomic E-state index is 2.42. The first-order valence-corrected chi connectivity index (χ1v) is 6.77. The van der Waals surface area contributed by atoms with Gasteiger partial charge in [-0.25, -0.2) is 0 Å². The second kappa shape index (κ2) is 3.02. The molecule has 5 rings (SSSR count). The molecule has 19 heavy (non-hydrogen) atoms. The van der Waals surface area contributed by atoms with E-state index in [0.717, 1.165) is 0 Å². The minimum atomic E-state index is 0.416. The van der Waals surface area contributed by atoms with Crippen molar-refractivity contribution in [2.45, 2.75) is 12.1 Å². The first kappa shape index (κ1) is 9.68. The van der Waals surface area contributed by atoms with Gasteiger partial charge in [-0.3, -0.25) is 0 Å². The molecule has 0 aromatic heterocycles. The molecular weight excluding hydrogens is 232 g/mol. The van der Waals surface area contributed by atoms with Crippen LogP contribution in [0.15, 0.2) is 54.9 Å². The van der Waals surface area contributed by atoms with E-state index < -0.39 is 0 Å². The number of fused-ring (bicyclic) bond motifs is 6. The van der Waals surface area contributed by atoms with Crippen molar-refractivity contribution in [3.63, 3.8) is 0 Å². The van der Waals surface area contributed by atoms with E-state index in [1.807, 2.05) is 0 Å². The van der Waals surface area contributed by atoms with Crippen LogP contribution in [-0.2, 0) is 0 Å². The fourth-order valence-corrected chi connectivity index (χ4v) is 3.99. The van der Waals surface area contributed by atoms with Crippen molar-refractivity contribution >= 4 is 5.69 Å². The molecule has 0 fully saturated rings. The second-order valence-electron chi connectivity index (χ2n) is 5.59. The summed E-state index contributed by atoms with van der Waals surface area (Å²) in [7, 11) is 2.17. The lowest BCUT2D eigenvalue weighted by atomic mass is 9.96. The van der Waals surface area contributed by atoms with Gasteiger partial charge in [-0.1, -0.05) is 36.4 Å². The lowest BCUT2D eigenvalue weighted by Gasteiger charge is -2.28. The highest BCUT2D eigenvalue weighted by molar-refractivity contribution is 5.88. The monoisotopic (exact) mass is 246 g/mol. The van der Waals surface area contributed by atoms with E-state index in [0.29, 0.717) is 12.1 Å². The van der Waals surface area contributed by atoms with Gasteiger partial charge in [0, 0.05) is 25.1 Å². The van der Waals surface area contributed by atoms with Crippen LogP contribution >= 0.6 is 0 Å². The Morgan fingerprint density at radius 3 is 2.68 bits per heavy atom. The Labute approximate surface area is 112 Å². The van der Waals surface area contributed by atoms with Gasteiger partial charge in [0.1, 0.15) is 6.17 Å². The van der Waals surface area contributed by atoms with Gasteiger partial charge >= 0.3 is 0 Å². The van der Waals surface area contributed by atoms with Gasteiger partial charge in [0.25, 0.3) is 0 Å². The first-order valence-electron chi connectivity index (χ1n) is 6.77. The number of rotatable bonds is 0. The van der Waals surface area contributed by atoms with Gasteiger partial charge in [-0.05, 0) is 28.3 Å². The third kappa shape index (κ3) is 0.963. The average Bonchev–Trinajstić information content (AvgIpc) is 3.07. The number of anilines is 1. The van der Waals surface area contributed by atoms with Crippen molar-refractivity contribution in [2.75, 3.05) is 11.9 Å². The number of hydrogen-bond acceptors (Lipinski definition) is 2. The lowest BCUT2D eigenvalue weighted by Crippen LogP contribution is -2.36. The van der Waals surface area contributed by atoms with Crippen LogP contribution in [0.5, 0.6) is 0 Å². The van der Waals surface area contributed by atoms with Crippen LogP contribution < -0.4 is 4.90 Å². The molecule has 2 aromatic carbocycles. The topological polar surface area (TPSA) is 6.48 Å². The van der Waals surface area contributed by atoms with E-state index >= 15 is 0 Å². The minimum Gasteiger partial charge on any atom is -0.358 e. The fraction of sp³-hybridized carbons (Fsp3) is 0.176. The Morgan fingerprint density at radius 2 is 1.74 bits per heavy atom. The average molecular weight is 246 g/mol. The summed E-state index contributed by atoms with van der Waals surface area (Å²) in [6.45, 7) is 0. The Balaban J connectivity index is 1.88. The molecule has 2 atom stereocenters. The predicted molar refractivity (Wildman–Crippen MR) is 76.9 cm³/mol. The summed E-state index contributed by atoms with van der Waals surface area (Å²) in [6, 6.07) is 15.6. The summed E-state index contributed by atoms with van der Waals surface area (Å²) in [5, 5.41) is 0. The van der Waals surface area contributed by atoms with Crippen LogP contribution in [0.2, 0.25) is 0 Å². The van der Waals surface area contributed by atoms with Crippen molar-refractivity contribution in [3.05, 3.63) is 66.0 Å². The van der Waals surface area contributed by atoms with E-state index in [-0.39, 0.29) is 0 Å². The van der Waals surface area contributed by atoms with Gasteiger partial charge < -0.3 is 9.80 Å². The quantitative estimate of drug-likeness (QED) is 0.703. The van der Waals surface area contributed by atoms with Crippen LogP contribution in [0.25, 0.3) is 11.1 Å². The van der Waals surface area contributed by atoms with Gasteiger partial charge in [0.2, 0.25) is 0 Å². The summed E-state index contributed by atoms with van der Waals surface area (Å²) in [5.74, 6) is 0.488. The number of hydrogen-bond donors (Lipinski definition) is 0. The van der Waals surface area contributed by atoms with E-state index in [4.69, 9.17) is 0 Å². The van der Waals surface area contributed by atoms with Crippen LogP contribution in [-0.4, -0.2) is 18.1 Å². The highest BCUT2D eigenvalue weighted by Crippen LogP contribution is 2.57. The molecule has 2 heterocycles. The molecule has 2 aliphatic heterocycles. The molecule has 2 aromatic rings. The fourth-order valence-electron chi connectivity index (χ4n) is 3.99. The third-order valence-electron chi connectivity index (χ3n) is 4.72. The molecule has 2 unspecified atom stereocenters. The van der Waals surface area contributed by atoms with Gasteiger partial charge in [-0.15, -0.1) is 0 Å². The standard InChI is InChI=1S/C17H14N2/c1-18-9-10-19-14-8-4-7-12-11-5-2-3-6-13(11)16(15(12)14)17(18)19/h2-10,16-17H,1H3. The maximum absolute atomic E-state index is 2.42. The number of nitrogens with zero attached hydrogens (tertiary/aromatic N) is 2. The molecule has 2 nitrogen and oxygen atoms in total. The van der Waals surface area contributed by atoms with E-state index in [1.165, 1.54) is 27.9 Å². The highest BCUT2D eigenvalue weighted by atomic mass is 15.4. The molecule has 2 heteroatoms. The molecule has 0 bridgehead atoms. The molecule has 0 amide bonds. The Hall–Kier alpha value is -2.22. The van der Waals surface area contributed by atoms with Crippen molar-refractivity contribution in [3.8, 4) is 11.1 Å². The van der Waals surface area contributed by atoms with Crippen LogP contribution in [0, 0.1) is 0 Å². The Kier molecular flexibility index (Phi) is 1.54. The van der Waals surface area contributed by atoms with Crippen LogP contribution in [0.1, 0.15) is 17.0 Å². The van der Waals surface area contributed by atoms with Gasteiger partial charge in [0.05, 0.1) is 5.92 Å². The molecule has 0 saturated heterocycles. The molecule has 3 aliphatic rings. The molecular formula is C17H14N2. The van der Waals surface area contributed by atoms with E-state index in [9.17, 15) is 0 Å². The van der Waals surface area contributed by atoms with Gasteiger partial charge in [-0.2, -0.15) is 0 Å². The number of likely N-dealkylation sites (N-methyl/N-ethyl adjacent to an activating group) is 1. The van der Waals surface area contributed by atoms with E-state index in [1.54, 1.807) is 0 Å². The van der Waals surface area contributed by atoms with Gasteiger partial charge in [0.15, 0.2) is 0 Å². The van der Waals surface area contributed by atoms with Crippen LogP contribution in [0.4, 0.5) is 5.69 Å². The zero-order valence-corrected chi connectivity index (χ0v) is 10.7. The highest BCUT2D eigenvalue weighted by Gasteiger charge is 2.47. The van der Waals surface area contributed by atoms with Crippen molar-refractivity contribution in [1.82, 2.24) is 4.90 Å². The molecule has 0 spiro atoms. The molecule has 0 N–H and O–H groups in total. The Morgan fingerprint density at radius 1 is 0.895 bits per heavy atom. The first-order chi connectivity index (χ1) is 9.36. The minimum absolute atomic E-state index is 0.416. The van der Waals surface area contributed by atoms with Crippen molar-refractivity contribution in [1.29, 1.82) is 0 Å². The second-order valence-corrected chi connectivity index (χ2v) is 5.59. The zero-order valence-electron chi connectivity index (χ0n) is 10.7. The molecule has 92 valence electrons. The molecule has 0 radical (unpaired) electrons. The summed E-state index contributed by atoms with van der Waals surface area (Å²) < 4.78 is 0. The largest absolute Gasteiger partial charge is 0.358 e. The normalized spacial score (nSPS) is 24.7. The summed E-state index contributed by atoms with van der Waals surface area (Å²) in [4.78, 5) is 4.75. The van der Waals surface area contributed by atoms with Crippen molar-refractivity contribution in [2.24, 2.45) is 0 Å². The van der Waals surface area contributed by atoms with Crippen molar-refractivity contribution < 1.29 is 0 Å². The number of benzene rings is 2. The molecule has 1 aliphatic carbocycles. The Bertz CT molecular complexity index is 732. The summed E-state index contributed by atoms with van der Waals surface area (Å²) in [5.41, 5.74) is 7.22. The lowest BCUT2D eigenvalue weighted by molar-refractivity contribution is 0.345. The molecule has 0 saturated carbocycles. The van der Waals surface area contributed by atoms with Crippen LogP contribution in [0.3, 0.4) is 0 Å². The maximum Gasteiger partial charge on any atom is 0.116 e. The van der Waals surface area contributed by atoms with E-state index in [2.05, 4.69) is 71.7 Å². The zero-order chi connectivity index (χ0) is 12.6. The third-order valence-corrected chi connectivity index (χ3v) is 4.72. The SMILES string of the molecule is CN1C=CN2c3cccc4c3C(c3ccccc3-4)C12. The predicted octanol–water partition coefficient (Wildman–Crippen LogP) is 3.36. The summed E-state index contributed by atoms with van der Waals surface area (Å²) in [6.07, 6.45) is 4.81. The smallest absolute Gasteiger partial charge is 0.116 e.